The Labute approximate surface area is 158 Å². The number of rotatable bonds is 6. The highest BCUT2D eigenvalue weighted by molar-refractivity contribution is 14.0. The first-order chi connectivity index (χ1) is 10.6. The van der Waals surface area contributed by atoms with Crippen LogP contribution < -0.4 is 10.6 Å². The van der Waals surface area contributed by atoms with E-state index in [1.54, 1.807) is 18.4 Å². The molecule has 128 valence electrons. The molecule has 6 nitrogen and oxygen atoms in total. The predicted molar refractivity (Wildman–Crippen MR) is 105 cm³/mol. The molecule has 0 aliphatic heterocycles. The molecule has 0 unspecified atom stereocenters. The topological polar surface area (TPSA) is 75.3 Å². The van der Waals surface area contributed by atoms with Gasteiger partial charge in [0.2, 0.25) is 0 Å². The Morgan fingerprint density at radius 3 is 2.70 bits per heavy atom. The standard InChI is InChI=1S/C15H23N5OS.HI/c1-5-12-8-18-14(22-12)9-19-15(16-4)17-7-6-13-10(2)20-21-11(13)3;/h8H,5-7,9H2,1-4H3,(H2,16,17,19);1H. The lowest BCUT2D eigenvalue weighted by Crippen LogP contribution is -2.37. The summed E-state index contributed by atoms with van der Waals surface area (Å²) in [5, 5.41) is 11.6. The smallest absolute Gasteiger partial charge is 0.191 e. The average molecular weight is 449 g/mol. The molecule has 0 aliphatic carbocycles. The fourth-order valence-electron chi connectivity index (χ4n) is 2.14. The molecule has 2 rings (SSSR count). The van der Waals surface area contributed by atoms with Gasteiger partial charge in [0.1, 0.15) is 10.8 Å². The normalized spacial score (nSPS) is 11.2. The maximum atomic E-state index is 5.17. The Morgan fingerprint density at radius 1 is 1.35 bits per heavy atom. The molecule has 0 aromatic carbocycles. The van der Waals surface area contributed by atoms with Gasteiger partial charge in [0, 0.05) is 30.2 Å². The number of guanidine groups is 1. The molecule has 2 aromatic heterocycles. The van der Waals surface area contributed by atoms with Gasteiger partial charge in [-0.1, -0.05) is 12.1 Å². The molecular formula is C15H24IN5OS. The Balaban J connectivity index is 0.00000264. The van der Waals surface area contributed by atoms with Gasteiger partial charge in [-0.25, -0.2) is 4.98 Å². The molecule has 2 heterocycles. The van der Waals surface area contributed by atoms with Crippen LogP contribution in [-0.2, 0) is 19.4 Å². The minimum absolute atomic E-state index is 0. The van der Waals surface area contributed by atoms with Crippen molar-refractivity contribution in [3.8, 4) is 0 Å². The molecule has 0 saturated carbocycles. The number of aromatic nitrogens is 2. The molecule has 0 bridgehead atoms. The van der Waals surface area contributed by atoms with E-state index in [0.717, 1.165) is 47.4 Å². The van der Waals surface area contributed by atoms with Gasteiger partial charge >= 0.3 is 0 Å². The summed E-state index contributed by atoms with van der Waals surface area (Å²) in [6.07, 6.45) is 3.83. The molecule has 2 N–H and O–H groups in total. The number of aliphatic imine (C=N–C) groups is 1. The summed E-state index contributed by atoms with van der Waals surface area (Å²) in [4.78, 5) is 9.92. The van der Waals surface area contributed by atoms with E-state index < -0.39 is 0 Å². The van der Waals surface area contributed by atoms with Gasteiger partial charge in [0.15, 0.2) is 5.96 Å². The van der Waals surface area contributed by atoms with E-state index >= 15 is 0 Å². The van der Waals surface area contributed by atoms with Gasteiger partial charge in [0.05, 0.1) is 12.2 Å². The van der Waals surface area contributed by atoms with Crippen LogP contribution in [0.3, 0.4) is 0 Å². The fourth-order valence-corrected chi connectivity index (χ4v) is 2.94. The second kappa shape index (κ2) is 9.86. The zero-order chi connectivity index (χ0) is 15.9. The van der Waals surface area contributed by atoms with Gasteiger partial charge < -0.3 is 15.2 Å². The van der Waals surface area contributed by atoms with Gasteiger partial charge in [0.25, 0.3) is 0 Å². The highest BCUT2D eigenvalue weighted by atomic mass is 127. The molecule has 0 amide bonds. The van der Waals surface area contributed by atoms with Crippen LogP contribution in [0.4, 0.5) is 0 Å². The minimum atomic E-state index is 0. The number of halogens is 1. The van der Waals surface area contributed by atoms with Crippen LogP contribution in [0.25, 0.3) is 0 Å². The van der Waals surface area contributed by atoms with Crippen molar-refractivity contribution in [2.24, 2.45) is 4.99 Å². The molecule has 0 fully saturated rings. The van der Waals surface area contributed by atoms with E-state index in [1.807, 2.05) is 20.0 Å². The quantitative estimate of drug-likeness (QED) is 0.403. The van der Waals surface area contributed by atoms with Crippen LogP contribution in [0.2, 0.25) is 0 Å². The predicted octanol–water partition coefficient (Wildman–Crippen LogP) is 2.84. The SMILES string of the molecule is CCc1cnc(CNC(=NC)NCCc2c(C)noc2C)s1.I. The average Bonchev–Trinajstić information content (AvgIpc) is 3.11. The molecule has 8 heteroatoms. The fraction of sp³-hybridized carbons (Fsp3) is 0.533. The lowest BCUT2D eigenvalue weighted by molar-refractivity contribution is 0.392. The largest absolute Gasteiger partial charge is 0.361 e. The molecule has 0 saturated heterocycles. The van der Waals surface area contributed by atoms with Crippen molar-refractivity contribution < 1.29 is 4.52 Å². The van der Waals surface area contributed by atoms with Crippen LogP contribution in [0.15, 0.2) is 15.7 Å². The van der Waals surface area contributed by atoms with Gasteiger partial charge in [-0.05, 0) is 26.7 Å². The van der Waals surface area contributed by atoms with Gasteiger partial charge in [-0.15, -0.1) is 35.3 Å². The second-order valence-corrected chi connectivity index (χ2v) is 6.18. The van der Waals surface area contributed by atoms with Crippen molar-refractivity contribution in [3.63, 3.8) is 0 Å². The van der Waals surface area contributed by atoms with E-state index in [-0.39, 0.29) is 24.0 Å². The molecule has 0 atom stereocenters. The summed E-state index contributed by atoms with van der Waals surface area (Å²) in [5.74, 6) is 1.66. The molecule has 0 aliphatic rings. The van der Waals surface area contributed by atoms with Gasteiger partial charge in [-0.2, -0.15) is 0 Å². The third-order valence-electron chi connectivity index (χ3n) is 3.43. The second-order valence-electron chi connectivity index (χ2n) is 4.98. The Bertz CT molecular complexity index is 618. The molecular weight excluding hydrogens is 425 g/mol. The molecule has 2 aromatic rings. The summed E-state index contributed by atoms with van der Waals surface area (Å²) in [6.45, 7) is 7.51. The number of nitrogens with zero attached hydrogens (tertiary/aromatic N) is 3. The first kappa shape index (κ1) is 19.9. The minimum Gasteiger partial charge on any atom is -0.361 e. The van der Waals surface area contributed by atoms with Crippen LogP contribution in [0.1, 0.15) is 33.8 Å². The summed E-state index contributed by atoms with van der Waals surface area (Å²) < 4.78 is 5.17. The van der Waals surface area contributed by atoms with Crippen LogP contribution >= 0.6 is 35.3 Å². The van der Waals surface area contributed by atoms with Crippen LogP contribution in [0.5, 0.6) is 0 Å². The van der Waals surface area contributed by atoms with E-state index in [1.165, 1.54) is 4.88 Å². The first-order valence-electron chi connectivity index (χ1n) is 7.43. The van der Waals surface area contributed by atoms with Crippen molar-refractivity contribution in [1.82, 2.24) is 20.8 Å². The van der Waals surface area contributed by atoms with Crippen molar-refractivity contribution in [3.05, 3.63) is 33.1 Å². The van der Waals surface area contributed by atoms with Crippen molar-refractivity contribution in [1.29, 1.82) is 0 Å². The molecule has 0 spiro atoms. The Morgan fingerprint density at radius 2 is 2.13 bits per heavy atom. The number of aryl methyl sites for hydroxylation is 3. The first-order valence-corrected chi connectivity index (χ1v) is 8.25. The van der Waals surface area contributed by atoms with Crippen molar-refractivity contribution in [2.45, 2.75) is 40.2 Å². The lowest BCUT2D eigenvalue weighted by atomic mass is 10.1. The van der Waals surface area contributed by atoms with Crippen molar-refractivity contribution in [2.75, 3.05) is 13.6 Å². The lowest BCUT2D eigenvalue weighted by Gasteiger charge is -2.10. The highest BCUT2D eigenvalue weighted by Crippen LogP contribution is 2.13. The van der Waals surface area contributed by atoms with Gasteiger partial charge in [-0.3, -0.25) is 4.99 Å². The zero-order valence-electron chi connectivity index (χ0n) is 14.0. The van der Waals surface area contributed by atoms with Crippen molar-refractivity contribution >= 4 is 41.3 Å². The summed E-state index contributed by atoms with van der Waals surface area (Å²) in [6, 6.07) is 0. The number of thiazole rings is 1. The summed E-state index contributed by atoms with van der Waals surface area (Å²) in [5.41, 5.74) is 2.12. The third-order valence-corrected chi connectivity index (χ3v) is 4.57. The Hall–Kier alpha value is -1.16. The maximum Gasteiger partial charge on any atom is 0.191 e. The number of hydrogen-bond donors (Lipinski definition) is 2. The molecule has 23 heavy (non-hydrogen) atoms. The number of hydrogen-bond acceptors (Lipinski definition) is 5. The highest BCUT2D eigenvalue weighted by Gasteiger charge is 2.09. The summed E-state index contributed by atoms with van der Waals surface area (Å²) >= 11 is 1.73. The Kier molecular flexibility index (Phi) is 8.53. The van der Waals surface area contributed by atoms with Crippen LogP contribution in [0, 0.1) is 13.8 Å². The van der Waals surface area contributed by atoms with E-state index in [9.17, 15) is 0 Å². The summed E-state index contributed by atoms with van der Waals surface area (Å²) in [7, 11) is 1.77. The maximum absolute atomic E-state index is 5.17. The van der Waals surface area contributed by atoms with Crippen LogP contribution in [-0.4, -0.2) is 29.7 Å². The zero-order valence-corrected chi connectivity index (χ0v) is 17.1. The number of nitrogens with one attached hydrogen (secondary N) is 2. The van der Waals surface area contributed by atoms with E-state index in [2.05, 4.69) is 32.7 Å². The third kappa shape index (κ3) is 5.76. The van der Waals surface area contributed by atoms with E-state index in [4.69, 9.17) is 4.52 Å². The van der Waals surface area contributed by atoms with E-state index in [0.29, 0.717) is 6.54 Å². The monoisotopic (exact) mass is 449 g/mol. The molecule has 0 radical (unpaired) electrons.